The number of carbonyl (C=O) groups is 2. The minimum atomic E-state index is -4.58. The van der Waals surface area contributed by atoms with Crippen molar-refractivity contribution >= 4 is 17.7 Å². The topological polar surface area (TPSA) is 111 Å². The predicted octanol–water partition coefficient (Wildman–Crippen LogP) is 6.26. The van der Waals surface area contributed by atoms with Crippen LogP contribution in [0.4, 0.5) is 13.2 Å². The van der Waals surface area contributed by atoms with Crippen LogP contribution in [0.2, 0.25) is 0 Å². The lowest BCUT2D eigenvalue weighted by Crippen LogP contribution is -2.16. The van der Waals surface area contributed by atoms with Gasteiger partial charge >= 0.3 is 12.1 Å². The molecule has 2 aliphatic rings. The number of aliphatic carboxylic acids is 1. The van der Waals surface area contributed by atoms with Gasteiger partial charge < -0.3 is 20.3 Å². The molecule has 0 radical (unpaired) electrons. The molecule has 1 heterocycles. The molecule has 10 heteroatoms. The van der Waals surface area contributed by atoms with Crippen LogP contribution in [0.25, 0.3) is 11.1 Å². The number of ether oxygens (including phenoxy) is 2. The Bertz CT molecular complexity index is 1570. The molecule has 1 aliphatic carbocycles. The van der Waals surface area contributed by atoms with Crippen molar-refractivity contribution in [2.24, 2.45) is 10.7 Å². The van der Waals surface area contributed by atoms with Gasteiger partial charge in [0.2, 0.25) is 5.91 Å². The number of fused-ring (bicyclic) bond motifs is 2. The van der Waals surface area contributed by atoms with Crippen LogP contribution >= 0.6 is 0 Å². The van der Waals surface area contributed by atoms with Gasteiger partial charge in [0.05, 0.1) is 18.6 Å². The maximum atomic E-state index is 14.3. The molecule has 214 valence electrons. The SMILES string of the molecule is CC(=O)N=C(N)c1cc(C)c(-c2c(C(F)(F)F)ccc3c2CC[C@H]3Oc2ccc3c(c2)OC[C@H]3CC(=O)O)c(C)c1. The quantitative estimate of drug-likeness (QED) is 0.269. The highest BCUT2D eigenvalue weighted by Crippen LogP contribution is 2.48. The molecule has 3 N–H and O–H groups in total. The summed E-state index contributed by atoms with van der Waals surface area (Å²) in [5.74, 6) is -0.561. The van der Waals surface area contributed by atoms with Gasteiger partial charge in [-0.15, -0.1) is 0 Å². The smallest absolute Gasteiger partial charge is 0.417 e. The minimum Gasteiger partial charge on any atom is -0.492 e. The van der Waals surface area contributed by atoms with Crippen molar-refractivity contribution in [3.8, 4) is 22.6 Å². The van der Waals surface area contributed by atoms with Crippen molar-refractivity contribution in [1.82, 2.24) is 0 Å². The summed E-state index contributed by atoms with van der Waals surface area (Å²) >= 11 is 0. The van der Waals surface area contributed by atoms with Crippen LogP contribution in [0.3, 0.4) is 0 Å². The number of nitrogens with two attached hydrogens (primary N) is 1. The second kappa shape index (κ2) is 10.6. The van der Waals surface area contributed by atoms with E-state index in [1.807, 2.05) is 0 Å². The molecule has 0 aromatic heterocycles. The molecule has 0 fully saturated rings. The Labute approximate surface area is 234 Å². The number of aliphatic imine (C=N–C) groups is 1. The van der Waals surface area contributed by atoms with Crippen molar-refractivity contribution in [2.45, 2.75) is 58.2 Å². The molecule has 41 heavy (non-hydrogen) atoms. The highest BCUT2D eigenvalue weighted by Gasteiger charge is 2.39. The second-order valence-corrected chi connectivity index (χ2v) is 10.5. The average molecular weight is 567 g/mol. The van der Waals surface area contributed by atoms with Gasteiger partial charge in [-0.2, -0.15) is 18.2 Å². The Hall–Kier alpha value is -4.34. The van der Waals surface area contributed by atoms with E-state index in [2.05, 4.69) is 4.99 Å². The summed E-state index contributed by atoms with van der Waals surface area (Å²) in [6.45, 7) is 4.98. The van der Waals surface area contributed by atoms with Crippen LogP contribution in [0, 0.1) is 13.8 Å². The number of hydrogen-bond acceptors (Lipinski definition) is 4. The third-order valence-corrected chi connectivity index (χ3v) is 7.58. The fourth-order valence-corrected chi connectivity index (χ4v) is 5.92. The van der Waals surface area contributed by atoms with Gasteiger partial charge in [0.25, 0.3) is 0 Å². The van der Waals surface area contributed by atoms with Crippen LogP contribution < -0.4 is 15.2 Å². The number of carbonyl (C=O) groups excluding carboxylic acids is 1. The largest absolute Gasteiger partial charge is 0.492 e. The van der Waals surface area contributed by atoms with Gasteiger partial charge in [-0.3, -0.25) is 9.59 Å². The first-order chi connectivity index (χ1) is 19.3. The Morgan fingerprint density at radius 1 is 1.07 bits per heavy atom. The zero-order valence-electron chi connectivity index (χ0n) is 22.8. The normalized spacial score (nSPS) is 18.0. The Kier molecular flexibility index (Phi) is 7.27. The van der Waals surface area contributed by atoms with E-state index in [0.717, 1.165) is 11.6 Å². The second-order valence-electron chi connectivity index (χ2n) is 10.5. The van der Waals surface area contributed by atoms with Gasteiger partial charge in [0.15, 0.2) is 0 Å². The van der Waals surface area contributed by atoms with Crippen molar-refractivity contribution in [3.63, 3.8) is 0 Å². The van der Waals surface area contributed by atoms with Crippen LogP contribution in [-0.4, -0.2) is 29.4 Å². The molecule has 0 saturated carbocycles. The van der Waals surface area contributed by atoms with Crippen molar-refractivity contribution < 1.29 is 37.3 Å². The summed E-state index contributed by atoms with van der Waals surface area (Å²) < 4.78 is 55.0. The van der Waals surface area contributed by atoms with Gasteiger partial charge in [-0.05, 0) is 84.3 Å². The summed E-state index contributed by atoms with van der Waals surface area (Å²) in [6.07, 6.45) is -4.23. The number of amidine groups is 1. The molecule has 0 spiro atoms. The van der Waals surface area contributed by atoms with E-state index in [1.165, 1.54) is 13.0 Å². The molecule has 5 rings (SSSR count). The maximum Gasteiger partial charge on any atom is 0.417 e. The minimum absolute atomic E-state index is 0.00524. The summed E-state index contributed by atoms with van der Waals surface area (Å²) in [5.41, 5.74) is 9.50. The summed E-state index contributed by atoms with van der Waals surface area (Å²) in [7, 11) is 0. The number of nitrogens with zero attached hydrogens (tertiary/aromatic N) is 1. The number of rotatable bonds is 6. The molecule has 0 bridgehead atoms. The number of benzene rings is 3. The van der Waals surface area contributed by atoms with Gasteiger partial charge in [0, 0.05) is 30.0 Å². The van der Waals surface area contributed by atoms with Crippen molar-refractivity contribution in [3.05, 3.63) is 81.4 Å². The zero-order valence-corrected chi connectivity index (χ0v) is 22.8. The van der Waals surface area contributed by atoms with Crippen LogP contribution in [-0.2, 0) is 22.2 Å². The molecule has 0 saturated heterocycles. The summed E-state index contributed by atoms with van der Waals surface area (Å²) in [6, 6.07) is 11.1. The van der Waals surface area contributed by atoms with E-state index < -0.39 is 29.7 Å². The summed E-state index contributed by atoms with van der Waals surface area (Å²) in [4.78, 5) is 26.3. The third-order valence-electron chi connectivity index (χ3n) is 7.58. The fraction of sp³-hybridized carbons (Fsp3) is 0.323. The number of carboxylic acids is 1. The fourth-order valence-electron chi connectivity index (χ4n) is 5.92. The average Bonchev–Trinajstić information content (AvgIpc) is 3.46. The van der Waals surface area contributed by atoms with Crippen LogP contribution in [0.15, 0.2) is 47.5 Å². The standard InChI is InChI=1S/C31H29F3N2O5/c1-15-10-18(30(35)36-17(3)37)11-16(2)28(15)29-23-7-9-25(22(23)6-8-24(29)31(32,33)34)41-20-4-5-21-19(12-27(38)39)14-40-26(21)13-20/h4-6,8,10-11,13,19,25H,7,9,12,14H2,1-3H3,(H,38,39)(H2,35,36,37)/t19-,25-/m1/s1. The molecule has 7 nitrogen and oxygen atoms in total. The number of hydrogen-bond donors (Lipinski definition) is 2. The maximum absolute atomic E-state index is 14.3. The van der Waals surface area contributed by atoms with Crippen LogP contribution in [0.5, 0.6) is 11.5 Å². The summed E-state index contributed by atoms with van der Waals surface area (Å²) in [5, 5.41) is 9.14. The van der Waals surface area contributed by atoms with E-state index in [4.69, 9.17) is 20.3 Å². The highest BCUT2D eigenvalue weighted by molar-refractivity contribution is 6.04. The van der Waals surface area contributed by atoms with E-state index in [1.54, 1.807) is 44.2 Å². The number of aryl methyl sites for hydroxylation is 2. The Balaban J connectivity index is 1.53. The number of alkyl halides is 3. The zero-order chi connectivity index (χ0) is 29.6. The van der Waals surface area contributed by atoms with Gasteiger partial charge in [-0.25, -0.2) is 0 Å². The molecular formula is C31H29F3N2O5. The first-order valence-corrected chi connectivity index (χ1v) is 13.2. The Morgan fingerprint density at radius 3 is 2.39 bits per heavy atom. The van der Waals surface area contributed by atoms with Gasteiger partial charge in [0.1, 0.15) is 23.4 Å². The van der Waals surface area contributed by atoms with Crippen LogP contribution in [0.1, 0.15) is 70.7 Å². The lowest BCUT2D eigenvalue weighted by Gasteiger charge is -2.22. The number of amides is 1. The third kappa shape index (κ3) is 5.51. The predicted molar refractivity (Wildman–Crippen MR) is 146 cm³/mol. The Morgan fingerprint density at radius 2 is 1.76 bits per heavy atom. The van der Waals surface area contributed by atoms with Crippen molar-refractivity contribution in [1.29, 1.82) is 0 Å². The lowest BCUT2D eigenvalue weighted by molar-refractivity contribution is -0.138. The molecule has 3 aromatic rings. The van der Waals surface area contributed by atoms with E-state index in [0.29, 0.717) is 57.7 Å². The molecule has 1 amide bonds. The molecule has 1 aliphatic heterocycles. The molecule has 2 atom stereocenters. The lowest BCUT2D eigenvalue weighted by atomic mass is 9.85. The monoisotopic (exact) mass is 566 g/mol. The number of halogens is 3. The first kappa shape index (κ1) is 28.2. The first-order valence-electron chi connectivity index (χ1n) is 13.2. The molecular weight excluding hydrogens is 537 g/mol. The van der Waals surface area contributed by atoms with Crippen molar-refractivity contribution in [2.75, 3.05) is 6.61 Å². The van der Waals surface area contributed by atoms with E-state index in [-0.39, 0.29) is 30.3 Å². The molecule has 3 aromatic carbocycles. The van der Waals surface area contributed by atoms with Gasteiger partial charge in [-0.1, -0.05) is 12.1 Å². The number of carboxylic acid groups (broad SMARTS) is 1. The van der Waals surface area contributed by atoms with E-state index in [9.17, 15) is 22.8 Å². The van der Waals surface area contributed by atoms with E-state index >= 15 is 0 Å². The highest BCUT2D eigenvalue weighted by atomic mass is 19.4. The molecule has 0 unspecified atom stereocenters.